The largest absolute Gasteiger partial charge is 0.417 e. The molecule has 0 bridgehead atoms. The Labute approximate surface area is 136 Å². The Morgan fingerprint density at radius 2 is 2.26 bits per heavy atom. The third kappa shape index (κ3) is 5.15. The third-order valence-electron chi connectivity index (χ3n) is 3.29. The predicted molar refractivity (Wildman–Crippen MR) is 81.1 cm³/mol. The van der Waals surface area contributed by atoms with Crippen molar-refractivity contribution in [1.82, 2.24) is 0 Å². The summed E-state index contributed by atoms with van der Waals surface area (Å²) in [6.45, 7) is 0.739. The van der Waals surface area contributed by atoms with Crippen LogP contribution in [-0.2, 0) is 15.7 Å². The number of hydrogen-bond acceptors (Lipinski definition) is 4. The van der Waals surface area contributed by atoms with Crippen LogP contribution in [0.2, 0.25) is 0 Å². The number of ether oxygens (including phenoxy) is 1. The molecule has 1 aromatic carbocycles. The number of carbonyl (C=O) groups is 1. The van der Waals surface area contributed by atoms with E-state index in [0.717, 1.165) is 31.6 Å². The maximum atomic E-state index is 12.8. The van der Waals surface area contributed by atoms with Crippen molar-refractivity contribution in [3.8, 4) is 6.07 Å². The van der Waals surface area contributed by atoms with Crippen LogP contribution in [0.15, 0.2) is 18.2 Å². The zero-order chi connectivity index (χ0) is 16.9. The van der Waals surface area contributed by atoms with E-state index in [1.807, 2.05) is 0 Å². The molecule has 0 aliphatic carbocycles. The molecule has 1 aliphatic rings. The maximum Gasteiger partial charge on any atom is 0.417 e. The van der Waals surface area contributed by atoms with Gasteiger partial charge in [0.05, 0.1) is 29.1 Å². The minimum absolute atomic E-state index is 0.0269. The molecule has 1 fully saturated rings. The van der Waals surface area contributed by atoms with Gasteiger partial charge in [-0.1, -0.05) is 0 Å². The van der Waals surface area contributed by atoms with E-state index in [1.165, 1.54) is 23.9 Å². The Morgan fingerprint density at radius 1 is 1.48 bits per heavy atom. The number of nitrogens with zero attached hydrogens (tertiary/aromatic N) is 1. The Hall–Kier alpha value is -1.72. The highest BCUT2D eigenvalue weighted by Crippen LogP contribution is 2.33. The van der Waals surface area contributed by atoms with Crippen molar-refractivity contribution in [2.75, 3.05) is 23.4 Å². The molecule has 2 rings (SSSR count). The van der Waals surface area contributed by atoms with Crippen LogP contribution in [0, 0.1) is 11.3 Å². The van der Waals surface area contributed by atoms with Crippen molar-refractivity contribution in [2.24, 2.45) is 0 Å². The number of thioether (sulfide) groups is 1. The van der Waals surface area contributed by atoms with Crippen LogP contribution in [-0.4, -0.2) is 30.1 Å². The van der Waals surface area contributed by atoms with Crippen LogP contribution >= 0.6 is 11.8 Å². The summed E-state index contributed by atoms with van der Waals surface area (Å²) < 4.78 is 44.0. The quantitative estimate of drug-likeness (QED) is 0.889. The van der Waals surface area contributed by atoms with E-state index < -0.39 is 17.3 Å². The molecular formula is C15H15F3N2O2S. The lowest BCUT2D eigenvalue weighted by Gasteiger charge is -2.12. The molecule has 124 valence electrons. The molecule has 0 aromatic heterocycles. The van der Waals surface area contributed by atoms with Crippen LogP contribution in [0.5, 0.6) is 0 Å². The monoisotopic (exact) mass is 344 g/mol. The zero-order valence-corrected chi connectivity index (χ0v) is 13.0. The fourth-order valence-electron chi connectivity index (χ4n) is 2.21. The first-order valence-corrected chi connectivity index (χ1v) is 8.16. The Morgan fingerprint density at radius 3 is 2.87 bits per heavy atom. The second kappa shape index (κ2) is 7.70. The highest BCUT2D eigenvalue weighted by Gasteiger charge is 2.33. The normalized spacial score (nSPS) is 17.7. The van der Waals surface area contributed by atoms with Gasteiger partial charge in [-0.2, -0.15) is 18.4 Å². The summed E-state index contributed by atoms with van der Waals surface area (Å²) in [7, 11) is 0. The van der Waals surface area contributed by atoms with Gasteiger partial charge < -0.3 is 10.1 Å². The minimum Gasteiger partial charge on any atom is -0.377 e. The molecule has 1 aliphatic heterocycles. The number of amides is 1. The van der Waals surface area contributed by atoms with Crippen LogP contribution in [0.4, 0.5) is 18.9 Å². The highest BCUT2D eigenvalue weighted by molar-refractivity contribution is 8.00. The fraction of sp³-hybridized carbons (Fsp3) is 0.467. The molecular weight excluding hydrogens is 329 g/mol. The van der Waals surface area contributed by atoms with Gasteiger partial charge in [0, 0.05) is 18.0 Å². The molecule has 23 heavy (non-hydrogen) atoms. The van der Waals surface area contributed by atoms with E-state index in [1.54, 1.807) is 0 Å². The van der Waals surface area contributed by atoms with Crippen molar-refractivity contribution in [3.63, 3.8) is 0 Å². The lowest BCUT2D eigenvalue weighted by atomic mass is 10.1. The average molecular weight is 344 g/mol. The SMILES string of the molecule is N#Cc1ccc(NC(=O)CSCC2CCCO2)cc1C(F)(F)F. The minimum atomic E-state index is -4.64. The van der Waals surface area contributed by atoms with Gasteiger partial charge in [-0.15, -0.1) is 11.8 Å². The van der Waals surface area contributed by atoms with Gasteiger partial charge in [-0.25, -0.2) is 0 Å². The molecule has 1 atom stereocenters. The number of nitriles is 1. The summed E-state index contributed by atoms with van der Waals surface area (Å²) in [6, 6.07) is 4.62. The first-order chi connectivity index (χ1) is 10.9. The molecule has 0 spiro atoms. The fourth-order valence-corrected chi connectivity index (χ4v) is 3.11. The summed E-state index contributed by atoms with van der Waals surface area (Å²) in [5, 5.41) is 11.1. The summed E-state index contributed by atoms with van der Waals surface area (Å²) in [5.41, 5.74) is -1.49. The Kier molecular flexibility index (Phi) is 5.91. The first kappa shape index (κ1) is 17.6. The molecule has 1 unspecified atom stereocenters. The second-order valence-corrected chi connectivity index (χ2v) is 6.10. The van der Waals surface area contributed by atoms with E-state index in [-0.39, 0.29) is 23.5 Å². The van der Waals surface area contributed by atoms with Crippen LogP contribution in [0.1, 0.15) is 24.0 Å². The molecule has 4 nitrogen and oxygen atoms in total. The predicted octanol–water partition coefficient (Wildman–Crippen LogP) is 3.43. The molecule has 1 amide bonds. The van der Waals surface area contributed by atoms with Crippen LogP contribution in [0.25, 0.3) is 0 Å². The zero-order valence-electron chi connectivity index (χ0n) is 12.2. The molecule has 1 heterocycles. The topological polar surface area (TPSA) is 62.1 Å². The number of halogens is 3. The van der Waals surface area contributed by atoms with Gasteiger partial charge in [-0.3, -0.25) is 4.79 Å². The van der Waals surface area contributed by atoms with E-state index >= 15 is 0 Å². The molecule has 0 saturated carbocycles. The number of rotatable bonds is 5. The van der Waals surface area contributed by atoms with Gasteiger partial charge in [0.15, 0.2) is 0 Å². The smallest absolute Gasteiger partial charge is 0.377 e. The molecule has 1 aromatic rings. The van der Waals surface area contributed by atoms with Gasteiger partial charge >= 0.3 is 6.18 Å². The van der Waals surface area contributed by atoms with Crippen molar-refractivity contribution in [2.45, 2.75) is 25.1 Å². The Bertz CT molecular complexity index is 608. The number of nitrogens with one attached hydrogen (secondary N) is 1. The van der Waals surface area contributed by atoms with Gasteiger partial charge in [0.2, 0.25) is 5.91 Å². The number of alkyl halides is 3. The average Bonchev–Trinajstić information content (AvgIpc) is 2.99. The van der Waals surface area contributed by atoms with Crippen LogP contribution in [0.3, 0.4) is 0 Å². The number of hydrogen-bond donors (Lipinski definition) is 1. The van der Waals surface area contributed by atoms with Gasteiger partial charge in [0.25, 0.3) is 0 Å². The van der Waals surface area contributed by atoms with E-state index in [4.69, 9.17) is 10.00 Å². The van der Waals surface area contributed by atoms with Crippen molar-refractivity contribution in [3.05, 3.63) is 29.3 Å². The van der Waals surface area contributed by atoms with Crippen molar-refractivity contribution < 1.29 is 22.7 Å². The highest BCUT2D eigenvalue weighted by atomic mass is 32.2. The first-order valence-electron chi connectivity index (χ1n) is 7.00. The van der Waals surface area contributed by atoms with Crippen molar-refractivity contribution in [1.29, 1.82) is 5.26 Å². The number of carbonyl (C=O) groups excluding carboxylic acids is 1. The number of benzene rings is 1. The Balaban J connectivity index is 1.91. The molecule has 1 N–H and O–H groups in total. The lowest BCUT2D eigenvalue weighted by molar-refractivity contribution is -0.137. The molecule has 1 saturated heterocycles. The number of anilines is 1. The van der Waals surface area contributed by atoms with E-state index in [0.29, 0.717) is 5.75 Å². The van der Waals surface area contributed by atoms with Gasteiger partial charge in [0.1, 0.15) is 0 Å². The summed E-state index contributed by atoms with van der Waals surface area (Å²) >= 11 is 1.38. The third-order valence-corrected chi connectivity index (χ3v) is 4.36. The van der Waals surface area contributed by atoms with Crippen molar-refractivity contribution >= 4 is 23.4 Å². The summed E-state index contributed by atoms with van der Waals surface area (Å²) in [6.07, 6.45) is -2.50. The van der Waals surface area contributed by atoms with E-state index in [2.05, 4.69) is 5.32 Å². The van der Waals surface area contributed by atoms with E-state index in [9.17, 15) is 18.0 Å². The summed E-state index contributed by atoms with van der Waals surface area (Å²) in [4.78, 5) is 11.8. The standard InChI is InChI=1S/C15H15F3N2O2S/c16-15(17,18)13-6-11(4-3-10(13)7-19)20-14(21)9-23-8-12-2-1-5-22-12/h3-4,6,12H,1-2,5,8-9H2,(H,20,21). The second-order valence-electron chi connectivity index (χ2n) is 5.07. The molecule has 0 radical (unpaired) electrons. The maximum absolute atomic E-state index is 12.8. The molecule has 8 heteroatoms. The summed E-state index contributed by atoms with van der Waals surface area (Å²) in [5.74, 6) is 0.446. The van der Waals surface area contributed by atoms with Gasteiger partial charge in [-0.05, 0) is 31.0 Å². The lowest BCUT2D eigenvalue weighted by Crippen LogP contribution is -2.17. The van der Waals surface area contributed by atoms with Crippen LogP contribution < -0.4 is 5.32 Å².